The van der Waals surface area contributed by atoms with Crippen molar-refractivity contribution in [3.63, 3.8) is 0 Å². The average Bonchev–Trinajstić information content (AvgIpc) is 2.78. The van der Waals surface area contributed by atoms with Crippen LogP contribution in [0.25, 0.3) is 0 Å². The van der Waals surface area contributed by atoms with Crippen LogP contribution in [0, 0.1) is 5.41 Å². The van der Waals surface area contributed by atoms with Crippen molar-refractivity contribution in [2.75, 3.05) is 33.2 Å². The molecule has 7 nitrogen and oxygen atoms in total. The highest BCUT2D eigenvalue weighted by atomic mass is 16.2. The van der Waals surface area contributed by atoms with E-state index in [0.717, 1.165) is 38.6 Å². The Morgan fingerprint density at radius 1 is 1.21 bits per heavy atom. The Morgan fingerprint density at radius 3 is 2.86 bits per heavy atom. The number of hydrogen-bond acceptors (Lipinski definition) is 5. The molecule has 2 saturated heterocycles. The number of carbonyl (C=O) groups excluding carboxylic acids is 2. The van der Waals surface area contributed by atoms with E-state index in [1.54, 1.807) is 12.4 Å². The third-order valence-electron chi connectivity index (χ3n) is 6.82. The summed E-state index contributed by atoms with van der Waals surface area (Å²) in [5, 5.41) is 3.23. The van der Waals surface area contributed by atoms with Crippen LogP contribution in [0.15, 0.2) is 30.2 Å². The van der Waals surface area contributed by atoms with E-state index in [2.05, 4.69) is 33.3 Å². The summed E-state index contributed by atoms with van der Waals surface area (Å²) >= 11 is 0. The monoisotopic (exact) mass is 397 g/mol. The molecule has 0 bridgehead atoms. The van der Waals surface area contributed by atoms with Crippen LogP contribution in [-0.4, -0.2) is 70.9 Å². The molecule has 1 aromatic heterocycles. The molecule has 0 spiro atoms. The van der Waals surface area contributed by atoms with Crippen LogP contribution in [0.4, 0.5) is 0 Å². The number of rotatable bonds is 4. The molecule has 4 rings (SSSR count). The molecule has 0 saturated carbocycles. The lowest BCUT2D eigenvalue weighted by atomic mass is 9.67. The Kier molecular flexibility index (Phi) is 5.94. The first kappa shape index (κ1) is 20.0. The van der Waals surface area contributed by atoms with Gasteiger partial charge in [0.15, 0.2) is 0 Å². The van der Waals surface area contributed by atoms with Crippen LogP contribution in [0.1, 0.15) is 55.4 Å². The number of allylic oxidation sites excluding steroid dienone is 1. The zero-order valence-electron chi connectivity index (χ0n) is 17.3. The highest BCUT2D eigenvalue weighted by molar-refractivity contribution is 5.93. The minimum Gasteiger partial charge on any atom is -0.352 e. The van der Waals surface area contributed by atoms with Crippen LogP contribution in [0.5, 0.6) is 0 Å². The highest BCUT2D eigenvalue weighted by Gasteiger charge is 2.53. The highest BCUT2D eigenvalue weighted by Crippen LogP contribution is 2.43. The first-order chi connectivity index (χ1) is 14.1. The van der Waals surface area contributed by atoms with Crippen LogP contribution in [0.2, 0.25) is 0 Å². The molecule has 29 heavy (non-hydrogen) atoms. The van der Waals surface area contributed by atoms with Crippen molar-refractivity contribution in [2.24, 2.45) is 5.41 Å². The Hall–Kier alpha value is -2.28. The molecule has 2 atom stereocenters. The molecule has 0 unspecified atom stereocenters. The number of piperidine rings is 2. The second-order valence-corrected chi connectivity index (χ2v) is 8.67. The van der Waals surface area contributed by atoms with E-state index in [9.17, 15) is 9.59 Å². The number of likely N-dealkylation sites (N-methyl/N-ethyl adjacent to an activating group) is 1. The number of nitrogens with one attached hydrogen (secondary N) is 1. The number of amides is 2. The lowest BCUT2D eigenvalue weighted by molar-refractivity contribution is -0.142. The van der Waals surface area contributed by atoms with Crippen molar-refractivity contribution in [2.45, 2.75) is 51.0 Å². The summed E-state index contributed by atoms with van der Waals surface area (Å²) in [6.45, 7) is 2.89. The fourth-order valence-electron chi connectivity index (χ4n) is 5.14. The fourth-order valence-corrected chi connectivity index (χ4v) is 5.14. The molecular weight excluding hydrogens is 366 g/mol. The van der Waals surface area contributed by atoms with Crippen molar-refractivity contribution in [1.82, 2.24) is 25.1 Å². The molecule has 1 N–H and O–H groups in total. The number of nitrogens with zero attached hydrogens (tertiary/aromatic N) is 4. The predicted molar refractivity (Wildman–Crippen MR) is 110 cm³/mol. The van der Waals surface area contributed by atoms with Crippen molar-refractivity contribution in [3.8, 4) is 0 Å². The normalized spacial score (nSPS) is 27.7. The van der Waals surface area contributed by atoms with Gasteiger partial charge in [-0.1, -0.05) is 11.6 Å². The molecular formula is C22H31N5O2. The first-order valence-corrected chi connectivity index (χ1v) is 10.8. The largest absolute Gasteiger partial charge is 0.352 e. The van der Waals surface area contributed by atoms with Gasteiger partial charge in [-0.05, 0) is 58.5 Å². The third kappa shape index (κ3) is 4.06. The van der Waals surface area contributed by atoms with Gasteiger partial charge in [0.25, 0.3) is 5.91 Å². The molecule has 2 amide bonds. The van der Waals surface area contributed by atoms with Crippen molar-refractivity contribution in [3.05, 3.63) is 35.9 Å². The van der Waals surface area contributed by atoms with Gasteiger partial charge in [0.2, 0.25) is 5.91 Å². The minimum absolute atomic E-state index is 0.110. The zero-order chi connectivity index (χ0) is 20.3. The standard InChI is InChI=1S/C22H31N5O2/c1-26-13-9-22(21(29)25-14-17-6-3-2-4-7-17)8-5-12-27(19(22)16-26)20(28)18-15-23-10-11-24-18/h6,10-11,15,19H,2-5,7-9,12-14,16H2,1H3,(H,25,29)/t19-,22+/m0/s1. The second-order valence-electron chi connectivity index (χ2n) is 8.67. The van der Waals surface area contributed by atoms with Gasteiger partial charge in [-0.25, -0.2) is 4.98 Å². The molecule has 156 valence electrons. The molecule has 1 aliphatic carbocycles. The molecule has 1 aromatic rings. The van der Waals surface area contributed by atoms with Crippen LogP contribution < -0.4 is 5.32 Å². The summed E-state index contributed by atoms with van der Waals surface area (Å²) in [6, 6.07) is -0.134. The number of aromatic nitrogens is 2. The summed E-state index contributed by atoms with van der Waals surface area (Å²) in [4.78, 5) is 39.0. The molecule has 3 heterocycles. The van der Waals surface area contributed by atoms with Gasteiger partial charge in [-0.3, -0.25) is 14.6 Å². The van der Waals surface area contributed by atoms with Gasteiger partial charge in [0, 0.05) is 32.0 Å². The van der Waals surface area contributed by atoms with Crippen molar-refractivity contribution < 1.29 is 9.59 Å². The maximum Gasteiger partial charge on any atom is 0.274 e. The first-order valence-electron chi connectivity index (χ1n) is 10.8. The third-order valence-corrected chi connectivity index (χ3v) is 6.82. The predicted octanol–water partition coefficient (Wildman–Crippen LogP) is 2.02. The Bertz CT molecular complexity index is 781. The summed E-state index contributed by atoms with van der Waals surface area (Å²) in [5.74, 6) is -0.0102. The van der Waals surface area contributed by atoms with E-state index in [1.165, 1.54) is 24.6 Å². The van der Waals surface area contributed by atoms with E-state index >= 15 is 0 Å². The van der Waals surface area contributed by atoms with Crippen LogP contribution in [-0.2, 0) is 4.79 Å². The topological polar surface area (TPSA) is 78.4 Å². The lowest BCUT2D eigenvalue weighted by Crippen LogP contribution is -2.66. The smallest absolute Gasteiger partial charge is 0.274 e. The SMILES string of the molecule is CN1CC[C@]2(C(=O)NCC3=CCCCC3)CCCN(C(=O)c3cnccn3)[C@H]2C1. The Morgan fingerprint density at radius 2 is 2.10 bits per heavy atom. The van der Waals surface area contributed by atoms with E-state index in [0.29, 0.717) is 25.3 Å². The molecule has 7 heteroatoms. The lowest BCUT2D eigenvalue weighted by Gasteiger charge is -2.53. The van der Waals surface area contributed by atoms with Gasteiger partial charge in [0.05, 0.1) is 17.7 Å². The van der Waals surface area contributed by atoms with Gasteiger partial charge in [-0.2, -0.15) is 0 Å². The molecule has 0 radical (unpaired) electrons. The summed E-state index contributed by atoms with van der Waals surface area (Å²) in [7, 11) is 2.06. The van der Waals surface area contributed by atoms with Gasteiger partial charge in [0.1, 0.15) is 5.69 Å². The van der Waals surface area contributed by atoms with Gasteiger partial charge < -0.3 is 15.1 Å². The Balaban J connectivity index is 1.55. The zero-order valence-corrected chi connectivity index (χ0v) is 17.3. The summed E-state index contributed by atoms with van der Waals surface area (Å²) in [6.07, 6.45) is 14.0. The van der Waals surface area contributed by atoms with Gasteiger partial charge >= 0.3 is 0 Å². The maximum atomic E-state index is 13.5. The van der Waals surface area contributed by atoms with Crippen molar-refractivity contribution >= 4 is 11.8 Å². The maximum absolute atomic E-state index is 13.5. The quantitative estimate of drug-likeness (QED) is 0.787. The molecule has 3 aliphatic rings. The molecule has 0 aromatic carbocycles. The Labute approximate surface area is 172 Å². The van der Waals surface area contributed by atoms with Gasteiger partial charge in [-0.15, -0.1) is 0 Å². The minimum atomic E-state index is -0.516. The van der Waals surface area contributed by atoms with E-state index in [4.69, 9.17) is 0 Å². The number of hydrogen-bond donors (Lipinski definition) is 1. The average molecular weight is 398 g/mol. The van der Waals surface area contributed by atoms with Crippen LogP contribution >= 0.6 is 0 Å². The fraction of sp³-hybridized carbons (Fsp3) is 0.636. The van der Waals surface area contributed by atoms with E-state index in [-0.39, 0.29) is 17.9 Å². The van der Waals surface area contributed by atoms with Crippen molar-refractivity contribution in [1.29, 1.82) is 0 Å². The number of likely N-dealkylation sites (tertiary alicyclic amines) is 2. The molecule has 2 fully saturated rings. The summed E-state index contributed by atoms with van der Waals surface area (Å²) in [5.41, 5.74) is 1.18. The van der Waals surface area contributed by atoms with Crippen LogP contribution in [0.3, 0.4) is 0 Å². The summed E-state index contributed by atoms with van der Waals surface area (Å²) < 4.78 is 0. The van der Waals surface area contributed by atoms with E-state index in [1.807, 2.05) is 4.90 Å². The van der Waals surface area contributed by atoms with E-state index < -0.39 is 5.41 Å². The number of fused-ring (bicyclic) bond motifs is 1. The number of carbonyl (C=O) groups is 2. The second kappa shape index (κ2) is 8.61. The molecule has 2 aliphatic heterocycles.